The molecule has 0 aromatic rings. The Hall–Kier alpha value is -0.0000000000000000555. The average Bonchev–Trinajstić information content (AvgIpc) is 2.26. The monoisotopic (exact) mass is 289 g/mol. The van der Waals surface area contributed by atoms with Gasteiger partial charge in [-0.3, -0.25) is 0 Å². The second kappa shape index (κ2) is 10.9. The van der Waals surface area contributed by atoms with E-state index in [9.17, 15) is 13.2 Å². The Kier molecular flexibility index (Phi) is 10.9. The standard InChI is InChI=1S/C12H23ClF3NO/c1-2-4-11(5-6-13)9-17-7-3-8-18-10-12(14,15)16/h11,17H,2-10H2,1H3. The highest BCUT2D eigenvalue weighted by molar-refractivity contribution is 6.17. The summed E-state index contributed by atoms with van der Waals surface area (Å²) in [4.78, 5) is 0. The normalized spacial score (nSPS) is 13.8. The fraction of sp³-hybridized carbons (Fsp3) is 1.00. The van der Waals surface area contributed by atoms with Gasteiger partial charge in [0.05, 0.1) is 0 Å². The summed E-state index contributed by atoms with van der Waals surface area (Å²) >= 11 is 5.70. The summed E-state index contributed by atoms with van der Waals surface area (Å²) in [6.45, 7) is 2.67. The lowest BCUT2D eigenvalue weighted by atomic mass is 10.0. The van der Waals surface area contributed by atoms with Crippen LogP contribution in [0, 0.1) is 5.92 Å². The number of hydrogen-bond acceptors (Lipinski definition) is 2. The lowest BCUT2D eigenvalue weighted by Gasteiger charge is -2.15. The average molecular weight is 290 g/mol. The quantitative estimate of drug-likeness (QED) is 0.464. The van der Waals surface area contributed by atoms with Crippen molar-refractivity contribution < 1.29 is 17.9 Å². The molecule has 0 rings (SSSR count). The Balaban J connectivity index is 3.37. The molecule has 1 atom stereocenters. The molecule has 0 heterocycles. The molecule has 0 fully saturated rings. The minimum atomic E-state index is -4.22. The molecule has 0 amide bonds. The Morgan fingerprint density at radius 2 is 2.00 bits per heavy atom. The maximum absolute atomic E-state index is 11.8. The van der Waals surface area contributed by atoms with E-state index < -0.39 is 12.8 Å². The number of nitrogens with one attached hydrogen (secondary N) is 1. The first-order valence-corrected chi connectivity index (χ1v) is 6.94. The topological polar surface area (TPSA) is 21.3 Å². The summed E-state index contributed by atoms with van der Waals surface area (Å²) in [5, 5.41) is 3.23. The van der Waals surface area contributed by atoms with E-state index in [0.717, 1.165) is 25.8 Å². The summed E-state index contributed by atoms with van der Waals surface area (Å²) in [7, 11) is 0. The third-order valence-corrected chi connectivity index (χ3v) is 2.77. The Morgan fingerprint density at radius 3 is 2.56 bits per heavy atom. The Labute approximate surface area is 112 Å². The van der Waals surface area contributed by atoms with Crippen molar-refractivity contribution in [2.75, 3.05) is 32.2 Å². The van der Waals surface area contributed by atoms with E-state index >= 15 is 0 Å². The van der Waals surface area contributed by atoms with Crippen LogP contribution >= 0.6 is 11.6 Å². The minimum Gasteiger partial charge on any atom is -0.372 e. The summed E-state index contributed by atoms with van der Waals surface area (Å²) in [6, 6.07) is 0. The zero-order valence-electron chi connectivity index (χ0n) is 10.9. The number of ether oxygens (including phenoxy) is 1. The van der Waals surface area contributed by atoms with Crippen molar-refractivity contribution in [3.05, 3.63) is 0 Å². The van der Waals surface area contributed by atoms with Crippen molar-refractivity contribution in [2.24, 2.45) is 5.92 Å². The molecular formula is C12H23ClF3NO. The molecule has 1 unspecified atom stereocenters. The van der Waals surface area contributed by atoms with Gasteiger partial charge in [-0.15, -0.1) is 11.6 Å². The molecule has 0 saturated heterocycles. The first-order chi connectivity index (χ1) is 8.49. The van der Waals surface area contributed by atoms with Gasteiger partial charge in [-0.25, -0.2) is 0 Å². The van der Waals surface area contributed by atoms with Crippen LogP contribution in [0.3, 0.4) is 0 Å². The van der Waals surface area contributed by atoms with Crippen LogP contribution in [0.25, 0.3) is 0 Å². The van der Waals surface area contributed by atoms with Crippen LogP contribution < -0.4 is 5.32 Å². The van der Waals surface area contributed by atoms with E-state index in [1.54, 1.807) is 0 Å². The zero-order chi connectivity index (χ0) is 13.9. The zero-order valence-corrected chi connectivity index (χ0v) is 11.6. The summed E-state index contributed by atoms with van der Waals surface area (Å²) < 4.78 is 39.8. The van der Waals surface area contributed by atoms with Gasteiger partial charge in [0, 0.05) is 12.5 Å². The van der Waals surface area contributed by atoms with Crippen LogP contribution in [-0.4, -0.2) is 38.4 Å². The largest absolute Gasteiger partial charge is 0.411 e. The van der Waals surface area contributed by atoms with Crippen LogP contribution in [-0.2, 0) is 4.74 Å². The predicted molar refractivity (Wildman–Crippen MR) is 68.1 cm³/mol. The van der Waals surface area contributed by atoms with Crippen LogP contribution in [0.5, 0.6) is 0 Å². The summed E-state index contributed by atoms with van der Waals surface area (Å²) in [5.41, 5.74) is 0. The van der Waals surface area contributed by atoms with Gasteiger partial charge in [-0.2, -0.15) is 13.2 Å². The lowest BCUT2D eigenvalue weighted by molar-refractivity contribution is -0.173. The SMILES string of the molecule is CCCC(CCCl)CNCCCOCC(F)(F)F. The van der Waals surface area contributed by atoms with E-state index in [0.29, 0.717) is 24.8 Å². The minimum absolute atomic E-state index is 0.139. The van der Waals surface area contributed by atoms with Gasteiger partial charge >= 0.3 is 6.18 Å². The molecule has 0 bridgehead atoms. The number of halogens is 4. The highest BCUT2D eigenvalue weighted by atomic mass is 35.5. The van der Waals surface area contributed by atoms with Crippen molar-refractivity contribution >= 4 is 11.6 Å². The highest BCUT2D eigenvalue weighted by Crippen LogP contribution is 2.14. The van der Waals surface area contributed by atoms with Crippen molar-refractivity contribution in [3.8, 4) is 0 Å². The van der Waals surface area contributed by atoms with Gasteiger partial charge < -0.3 is 10.1 Å². The molecule has 0 aliphatic heterocycles. The molecule has 2 nitrogen and oxygen atoms in total. The van der Waals surface area contributed by atoms with Gasteiger partial charge in [-0.05, 0) is 38.3 Å². The number of alkyl halides is 4. The maximum Gasteiger partial charge on any atom is 0.411 e. The Bertz CT molecular complexity index is 185. The number of hydrogen-bond donors (Lipinski definition) is 1. The number of rotatable bonds is 11. The van der Waals surface area contributed by atoms with Gasteiger partial charge in [0.25, 0.3) is 0 Å². The van der Waals surface area contributed by atoms with Crippen molar-refractivity contribution in [1.29, 1.82) is 0 Å². The summed E-state index contributed by atoms with van der Waals surface area (Å²) in [5.74, 6) is 1.21. The van der Waals surface area contributed by atoms with Crippen LogP contribution in [0.15, 0.2) is 0 Å². The first kappa shape index (κ1) is 18.0. The van der Waals surface area contributed by atoms with Crippen molar-refractivity contribution in [3.63, 3.8) is 0 Å². The van der Waals surface area contributed by atoms with Gasteiger partial charge in [0.15, 0.2) is 0 Å². The highest BCUT2D eigenvalue weighted by Gasteiger charge is 2.27. The molecule has 0 aromatic carbocycles. The molecule has 110 valence electrons. The lowest BCUT2D eigenvalue weighted by Crippen LogP contribution is -2.25. The molecular weight excluding hydrogens is 267 g/mol. The van der Waals surface area contributed by atoms with E-state index in [1.165, 1.54) is 0 Å². The fourth-order valence-corrected chi connectivity index (χ4v) is 2.01. The smallest absolute Gasteiger partial charge is 0.372 e. The van der Waals surface area contributed by atoms with E-state index in [4.69, 9.17) is 11.6 Å². The van der Waals surface area contributed by atoms with Gasteiger partial charge in [0.1, 0.15) is 6.61 Å². The molecule has 0 aliphatic rings. The van der Waals surface area contributed by atoms with E-state index in [2.05, 4.69) is 17.0 Å². The second-order valence-electron chi connectivity index (χ2n) is 4.36. The molecule has 18 heavy (non-hydrogen) atoms. The fourth-order valence-electron chi connectivity index (χ4n) is 1.70. The van der Waals surface area contributed by atoms with Crippen LogP contribution in [0.4, 0.5) is 13.2 Å². The van der Waals surface area contributed by atoms with E-state index in [-0.39, 0.29) is 6.61 Å². The predicted octanol–water partition coefficient (Wildman–Crippen LogP) is 3.59. The maximum atomic E-state index is 11.8. The third-order valence-electron chi connectivity index (χ3n) is 2.56. The molecule has 0 aromatic heterocycles. The van der Waals surface area contributed by atoms with E-state index in [1.807, 2.05) is 0 Å². The van der Waals surface area contributed by atoms with Gasteiger partial charge in [0.2, 0.25) is 0 Å². The molecule has 0 radical (unpaired) electrons. The van der Waals surface area contributed by atoms with Crippen molar-refractivity contribution in [1.82, 2.24) is 5.32 Å². The Morgan fingerprint density at radius 1 is 1.28 bits per heavy atom. The summed E-state index contributed by atoms with van der Waals surface area (Å²) in [6.07, 6.45) is -0.398. The van der Waals surface area contributed by atoms with Crippen LogP contribution in [0.1, 0.15) is 32.6 Å². The molecule has 0 spiro atoms. The first-order valence-electron chi connectivity index (χ1n) is 6.40. The molecule has 0 aliphatic carbocycles. The van der Waals surface area contributed by atoms with Crippen molar-refractivity contribution in [2.45, 2.75) is 38.8 Å². The molecule has 1 N–H and O–H groups in total. The van der Waals surface area contributed by atoms with Crippen LogP contribution in [0.2, 0.25) is 0 Å². The third kappa shape index (κ3) is 12.5. The van der Waals surface area contributed by atoms with Gasteiger partial charge in [-0.1, -0.05) is 13.3 Å². The second-order valence-corrected chi connectivity index (χ2v) is 4.74. The molecule has 0 saturated carbocycles. The molecule has 6 heteroatoms.